The molecule has 0 radical (unpaired) electrons. The fraction of sp³-hybridized carbons (Fsp3) is 0.391. The first-order valence-electron chi connectivity index (χ1n) is 11.0. The van der Waals surface area contributed by atoms with Crippen molar-refractivity contribution in [2.45, 2.75) is 12.6 Å². The van der Waals surface area contributed by atoms with Crippen LogP contribution in [0.1, 0.15) is 16.5 Å². The number of benzene rings is 1. The van der Waals surface area contributed by atoms with Crippen molar-refractivity contribution >= 4 is 32.5 Å². The number of fused-ring (bicyclic) bond motifs is 2. The highest BCUT2D eigenvalue weighted by Gasteiger charge is 2.34. The predicted molar refractivity (Wildman–Crippen MR) is 123 cm³/mol. The highest BCUT2D eigenvalue weighted by Crippen LogP contribution is 2.35. The van der Waals surface area contributed by atoms with E-state index in [4.69, 9.17) is 4.74 Å². The Morgan fingerprint density at radius 2 is 2.03 bits per heavy atom. The third-order valence-corrected chi connectivity index (χ3v) is 7.56. The Morgan fingerprint density at radius 1 is 1.12 bits per heavy atom. The monoisotopic (exact) mass is 452 g/mol. The van der Waals surface area contributed by atoms with Crippen LogP contribution in [0.3, 0.4) is 0 Å². The number of hydrogen-bond donors (Lipinski definition) is 1. The van der Waals surface area contributed by atoms with Gasteiger partial charge >= 0.3 is 0 Å². The van der Waals surface area contributed by atoms with Crippen LogP contribution < -0.4 is 0 Å². The number of hydrazine groups is 1. The Morgan fingerprint density at radius 3 is 2.91 bits per heavy atom. The van der Waals surface area contributed by atoms with Crippen LogP contribution in [0.2, 0.25) is 0 Å². The van der Waals surface area contributed by atoms with Crippen LogP contribution in [0.4, 0.5) is 4.39 Å². The molecule has 1 unspecified atom stereocenters. The molecule has 1 N–H and O–H groups in total. The van der Waals surface area contributed by atoms with Crippen molar-refractivity contribution in [1.82, 2.24) is 29.9 Å². The quantitative estimate of drug-likeness (QED) is 0.512. The van der Waals surface area contributed by atoms with Gasteiger partial charge in [0.15, 0.2) is 0 Å². The van der Waals surface area contributed by atoms with E-state index in [0.717, 1.165) is 79.2 Å². The minimum atomic E-state index is -0.141. The van der Waals surface area contributed by atoms with Crippen molar-refractivity contribution in [2.75, 3.05) is 45.9 Å². The number of rotatable bonds is 4. The van der Waals surface area contributed by atoms with Crippen molar-refractivity contribution in [1.29, 1.82) is 0 Å². The van der Waals surface area contributed by atoms with Crippen LogP contribution in [0.5, 0.6) is 0 Å². The molecule has 166 valence electrons. The smallest absolute Gasteiger partial charge is 0.128 e. The molecule has 0 aliphatic carbocycles. The normalized spacial score (nSPS) is 21.6. The minimum Gasteiger partial charge on any atom is -0.379 e. The lowest BCUT2D eigenvalue weighted by Gasteiger charge is -2.46. The van der Waals surface area contributed by atoms with Crippen LogP contribution in [0.25, 0.3) is 21.1 Å². The van der Waals surface area contributed by atoms with Crippen LogP contribution in [-0.4, -0.2) is 75.8 Å². The minimum absolute atomic E-state index is 0.0533. The summed E-state index contributed by atoms with van der Waals surface area (Å²) in [5.41, 5.74) is 1.75. The molecule has 6 rings (SSSR count). The third kappa shape index (κ3) is 3.70. The molecular weight excluding hydrogens is 427 g/mol. The zero-order valence-corrected chi connectivity index (χ0v) is 18.5. The standard InChI is InChI=1S/C23H25FN6OS/c24-19-1-2-20-18(3-4-26-20)22(19)21-14-30(29-7-9-31-10-8-29)6-5-28(21)13-17-11-16-12-25-15-27-23(16)32-17/h1-4,11-12,15,21,26H,5-10,13-14H2. The number of nitrogens with one attached hydrogen (secondary N) is 1. The van der Waals surface area contributed by atoms with Crippen molar-refractivity contribution < 1.29 is 9.13 Å². The summed E-state index contributed by atoms with van der Waals surface area (Å²) >= 11 is 1.69. The Hall–Kier alpha value is -2.43. The van der Waals surface area contributed by atoms with Crippen LogP contribution in [0.15, 0.2) is 43.0 Å². The lowest BCUT2D eigenvalue weighted by atomic mass is 9.98. The van der Waals surface area contributed by atoms with E-state index in [2.05, 4.69) is 35.9 Å². The van der Waals surface area contributed by atoms with Gasteiger partial charge in [0.2, 0.25) is 0 Å². The lowest BCUT2D eigenvalue weighted by molar-refractivity contribution is -0.121. The van der Waals surface area contributed by atoms with Gasteiger partial charge in [0, 0.05) is 78.4 Å². The van der Waals surface area contributed by atoms with Gasteiger partial charge in [0.25, 0.3) is 0 Å². The number of aromatic amines is 1. The predicted octanol–water partition coefficient (Wildman–Crippen LogP) is 3.42. The average molecular weight is 453 g/mol. The zero-order valence-electron chi connectivity index (χ0n) is 17.7. The first-order chi connectivity index (χ1) is 15.8. The summed E-state index contributed by atoms with van der Waals surface area (Å²) in [6.45, 7) is 6.57. The van der Waals surface area contributed by atoms with Gasteiger partial charge in [-0.25, -0.2) is 24.4 Å². The molecule has 2 aliphatic heterocycles. The molecule has 1 aromatic carbocycles. The van der Waals surface area contributed by atoms with E-state index in [1.807, 2.05) is 24.5 Å². The maximum Gasteiger partial charge on any atom is 0.128 e. The molecule has 0 spiro atoms. The molecule has 0 amide bonds. The molecule has 2 saturated heterocycles. The fourth-order valence-electron chi connectivity index (χ4n) is 4.95. The summed E-state index contributed by atoms with van der Waals surface area (Å²) < 4.78 is 20.9. The lowest BCUT2D eigenvalue weighted by Crippen LogP contribution is -2.57. The Bertz CT molecular complexity index is 1200. The average Bonchev–Trinajstić information content (AvgIpc) is 3.46. The summed E-state index contributed by atoms with van der Waals surface area (Å²) in [6, 6.07) is 7.52. The molecule has 1 atom stereocenters. The number of morpholine rings is 1. The van der Waals surface area contributed by atoms with Gasteiger partial charge in [-0.05, 0) is 24.3 Å². The highest BCUT2D eigenvalue weighted by molar-refractivity contribution is 7.18. The SMILES string of the molecule is Fc1ccc2[nH]ccc2c1C1CN(N2CCOCC2)CCN1Cc1cc2cncnc2s1. The maximum absolute atomic E-state index is 15.3. The number of ether oxygens (including phenoxy) is 1. The van der Waals surface area contributed by atoms with Crippen LogP contribution >= 0.6 is 11.3 Å². The van der Waals surface area contributed by atoms with Gasteiger partial charge in [0.1, 0.15) is 17.0 Å². The second kappa shape index (κ2) is 8.49. The Balaban J connectivity index is 1.36. The largest absolute Gasteiger partial charge is 0.379 e. The molecule has 0 saturated carbocycles. The van der Waals surface area contributed by atoms with Gasteiger partial charge < -0.3 is 9.72 Å². The number of piperazine rings is 1. The van der Waals surface area contributed by atoms with Gasteiger partial charge in [0.05, 0.1) is 19.3 Å². The van der Waals surface area contributed by atoms with Crippen molar-refractivity contribution in [3.05, 3.63) is 59.2 Å². The number of hydrogen-bond acceptors (Lipinski definition) is 7. The topological polar surface area (TPSA) is 60.5 Å². The number of nitrogens with zero attached hydrogens (tertiary/aromatic N) is 5. The first-order valence-corrected chi connectivity index (χ1v) is 11.8. The molecule has 2 fully saturated rings. The van der Waals surface area contributed by atoms with E-state index in [0.29, 0.717) is 0 Å². The Labute approximate surface area is 189 Å². The summed E-state index contributed by atoms with van der Waals surface area (Å²) in [5.74, 6) is -0.141. The van der Waals surface area contributed by atoms with E-state index in [-0.39, 0.29) is 11.9 Å². The van der Waals surface area contributed by atoms with Crippen LogP contribution in [-0.2, 0) is 11.3 Å². The molecule has 9 heteroatoms. The van der Waals surface area contributed by atoms with Crippen molar-refractivity contribution in [3.63, 3.8) is 0 Å². The number of thiophene rings is 1. The van der Waals surface area contributed by atoms with Gasteiger partial charge in [-0.1, -0.05) is 0 Å². The molecule has 3 aromatic heterocycles. The van der Waals surface area contributed by atoms with Crippen LogP contribution in [0, 0.1) is 5.82 Å². The molecule has 0 bridgehead atoms. The molecule has 2 aliphatic rings. The van der Waals surface area contributed by atoms with E-state index >= 15 is 4.39 Å². The fourth-order valence-corrected chi connectivity index (χ4v) is 5.94. The zero-order chi connectivity index (χ0) is 21.5. The number of aromatic nitrogens is 3. The molecular formula is C23H25FN6OS. The summed E-state index contributed by atoms with van der Waals surface area (Å²) in [7, 11) is 0. The van der Waals surface area contributed by atoms with Gasteiger partial charge in [-0.3, -0.25) is 4.90 Å². The second-order valence-electron chi connectivity index (χ2n) is 8.36. The highest BCUT2D eigenvalue weighted by atomic mass is 32.1. The second-order valence-corrected chi connectivity index (χ2v) is 9.48. The summed E-state index contributed by atoms with van der Waals surface area (Å²) in [6.07, 6.45) is 5.34. The third-order valence-electron chi connectivity index (χ3n) is 6.52. The molecule has 5 heterocycles. The maximum atomic E-state index is 15.3. The van der Waals surface area contributed by atoms with E-state index in [1.54, 1.807) is 23.7 Å². The van der Waals surface area contributed by atoms with Gasteiger partial charge in [-0.15, -0.1) is 11.3 Å². The summed E-state index contributed by atoms with van der Waals surface area (Å²) in [5, 5.41) is 6.80. The van der Waals surface area contributed by atoms with Crippen molar-refractivity contribution in [3.8, 4) is 0 Å². The van der Waals surface area contributed by atoms with E-state index < -0.39 is 0 Å². The molecule has 4 aromatic rings. The first kappa shape index (κ1) is 20.2. The number of halogens is 1. The number of H-pyrrole nitrogens is 1. The summed E-state index contributed by atoms with van der Waals surface area (Å²) in [4.78, 5) is 16.4. The molecule has 7 nitrogen and oxygen atoms in total. The van der Waals surface area contributed by atoms with Crippen molar-refractivity contribution in [2.24, 2.45) is 0 Å². The van der Waals surface area contributed by atoms with E-state index in [1.165, 1.54) is 4.88 Å². The van der Waals surface area contributed by atoms with E-state index in [9.17, 15) is 0 Å². The van der Waals surface area contributed by atoms with Gasteiger partial charge in [-0.2, -0.15) is 0 Å². The molecule has 32 heavy (non-hydrogen) atoms. The Kier molecular flexibility index (Phi) is 5.36.